The van der Waals surface area contributed by atoms with Crippen LogP contribution in [0.4, 0.5) is 0 Å². The fourth-order valence-corrected chi connectivity index (χ4v) is 9.60. The zero-order valence-corrected chi connectivity index (χ0v) is 16.7. The van der Waals surface area contributed by atoms with Crippen molar-refractivity contribution in [2.24, 2.45) is 0 Å². The van der Waals surface area contributed by atoms with Crippen molar-refractivity contribution >= 4 is 45.8 Å². The summed E-state index contributed by atoms with van der Waals surface area (Å²) < 4.78 is 1.11. The molecule has 0 radical (unpaired) electrons. The van der Waals surface area contributed by atoms with Gasteiger partial charge in [0, 0.05) is 0 Å². The maximum atomic E-state index is 2.56. The van der Waals surface area contributed by atoms with E-state index in [1.807, 2.05) is 0 Å². The van der Waals surface area contributed by atoms with Crippen LogP contribution in [-0.4, -0.2) is 4.17 Å². The van der Waals surface area contributed by atoms with E-state index < -0.39 is 7.26 Å². The molecular formula is C19H17BrIP. The number of alkyl halides is 1. The van der Waals surface area contributed by atoms with Gasteiger partial charge in [-0.15, -0.1) is 0 Å². The predicted octanol–water partition coefficient (Wildman–Crippen LogP) is 1.38. The molecule has 0 unspecified atom stereocenters. The Bertz CT molecular complexity index is 590. The third-order valence-corrected chi connectivity index (χ3v) is 10.7. The molecule has 3 rings (SSSR count). The first-order chi connectivity index (χ1) is 10.4. The van der Waals surface area contributed by atoms with E-state index in [1.165, 1.54) is 15.9 Å². The van der Waals surface area contributed by atoms with Crippen molar-refractivity contribution in [1.29, 1.82) is 0 Å². The third-order valence-electron chi connectivity index (χ3n) is 3.77. The van der Waals surface area contributed by atoms with Crippen molar-refractivity contribution in [3.8, 4) is 0 Å². The highest BCUT2D eigenvalue weighted by Gasteiger charge is 2.43. The normalized spacial score (nSPS) is 10.8. The molecule has 0 spiro atoms. The van der Waals surface area contributed by atoms with Crippen LogP contribution in [0.1, 0.15) is 0 Å². The lowest BCUT2D eigenvalue weighted by Crippen LogP contribution is -3.00. The minimum Gasteiger partial charge on any atom is -1.00 e. The van der Waals surface area contributed by atoms with Gasteiger partial charge in [-0.25, -0.2) is 0 Å². The Morgan fingerprint density at radius 1 is 0.545 bits per heavy atom. The summed E-state index contributed by atoms with van der Waals surface area (Å²) in [6.45, 7) is 0. The van der Waals surface area contributed by atoms with Gasteiger partial charge in [-0.05, 0) is 59.0 Å². The molecule has 0 aliphatic carbocycles. The summed E-state index contributed by atoms with van der Waals surface area (Å²) in [5, 5.41) is 4.37. The second-order valence-electron chi connectivity index (χ2n) is 4.94. The molecule has 0 aromatic heterocycles. The van der Waals surface area contributed by atoms with Gasteiger partial charge in [-0.2, -0.15) is 0 Å². The van der Waals surface area contributed by atoms with Gasteiger partial charge < -0.3 is 17.0 Å². The molecule has 0 aliphatic heterocycles. The van der Waals surface area contributed by atoms with E-state index in [2.05, 4.69) is 114 Å². The lowest BCUT2D eigenvalue weighted by molar-refractivity contribution is -0.00000393. The second kappa shape index (κ2) is 8.24. The SMILES string of the molecule is IC[P+](c1ccccc1)(c1ccccc1)c1ccccc1.[Br-]. The van der Waals surface area contributed by atoms with E-state index in [4.69, 9.17) is 0 Å². The Labute approximate surface area is 157 Å². The summed E-state index contributed by atoms with van der Waals surface area (Å²) in [5.74, 6) is 0. The summed E-state index contributed by atoms with van der Waals surface area (Å²) in [5.41, 5.74) is 0. The van der Waals surface area contributed by atoms with Crippen LogP contribution in [0.5, 0.6) is 0 Å². The van der Waals surface area contributed by atoms with Crippen LogP contribution < -0.4 is 32.9 Å². The first-order valence-corrected chi connectivity index (χ1v) is 10.5. The molecular weight excluding hydrogens is 466 g/mol. The molecule has 0 amide bonds. The largest absolute Gasteiger partial charge is 1.00 e. The topological polar surface area (TPSA) is 0 Å². The van der Waals surface area contributed by atoms with Gasteiger partial charge in [0.1, 0.15) is 27.3 Å². The molecule has 0 fully saturated rings. The van der Waals surface area contributed by atoms with E-state index in [-0.39, 0.29) is 17.0 Å². The van der Waals surface area contributed by atoms with Crippen molar-refractivity contribution in [3.63, 3.8) is 0 Å². The van der Waals surface area contributed by atoms with Crippen LogP contribution in [0.15, 0.2) is 91.0 Å². The highest BCUT2D eigenvalue weighted by Crippen LogP contribution is 2.56. The van der Waals surface area contributed by atoms with E-state index in [1.54, 1.807) is 0 Å². The van der Waals surface area contributed by atoms with Crippen LogP contribution in [0.25, 0.3) is 0 Å². The van der Waals surface area contributed by atoms with Gasteiger partial charge in [-0.1, -0.05) is 54.6 Å². The zero-order valence-electron chi connectivity index (χ0n) is 12.1. The van der Waals surface area contributed by atoms with Gasteiger partial charge in [-0.3, -0.25) is 0 Å². The van der Waals surface area contributed by atoms with Crippen molar-refractivity contribution in [3.05, 3.63) is 91.0 Å². The van der Waals surface area contributed by atoms with Crippen LogP contribution in [-0.2, 0) is 0 Å². The predicted molar refractivity (Wildman–Crippen MR) is 104 cm³/mol. The number of rotatable bonds is 4. The molecule has 0 heterocycles. The summed E-state index contributed by atoms with van der Waals surface area (Å²) in [7, 11) is -1.55. The summed E-state index contributed by atoms with van der Waals surface area (Å²) in [6, 6.07) is 32.9. The van der Waals surface area contributed by atoms with Crippen LogP contribution in [0, 0.1) is 0 Å². The van der Waals surface area contributed by atoms with Gasteiger partial charge in [0.05, 0.1) is 0 Å². The van der Waals surface area contributed by atoms with E-state index in [9.17, 15) is 0 Å². The monoisotopic (exact) mass is 482 g/mol. The minimum absolute atomic E-state index is 0. The maximum Gasteiger partial charge on any atom is 0.124 e. The average molecular weight is 483 g/mol. The Morgan fingerprint density at radius 2 is 0.818 bits per heavy atom. The molecule has 112 valence electrons. The van der Waals surface area contributed by atoms with E-state index in [0.29, 0.717) is 0 Å². The molecule has 3 aromatic rings. The summed E-state index contributed by atoms with van der Waals surface area (Å²) in [6.07, 6.45) is 0. The van der Waals surface area contributed by atoms with Gasteiger partial charge in [0.15, 0.2) is 0 Å². The fraction of sp³-hybridized carbons (Fsp3) is 0.0526. The minimum atomic E-state index is -1.55. The molecule has 0 bridgehead atoms. The highest BCUT2D eigenvalue weighted by atomic mass is 127. The van der Waals surface area contributed by atoms with Crippen LogP contribution >= 0.6 is 29.9 Å². The van der Waals surface area contributed by atoms with Crippen molar-refractivity contribution < 1.29 is 17.0 Å². The van der Waals surface area contributed by atoms with Crippen LogP contribution in [0.2, 0.25) is 0 Å². The second-order valence-corrected chi connectivity index (χ2v) is 10.4. The Hall–Kier alpha value is -0.700. The Kier molecular flexibility index (Phi) is 6.61. The zero-order chi connectivity index (χ0) is 14.5. The van der Waals surface area contributed by atoms with E-state index >= 15 is 0 Å². The standard InChI is InChI=1S/C19H17IP.BrH/c20-16-21(17-10-4-1-5-11-17,18-12-6-2-7-13-18)19-14-8-3-9-15-19;/h1-15H,16H2;1H/q+1;/p-1. The average Bonchev–Trinajstić information content (AvgIpc) is 2.59. The van der Waals surface area contributed by atoms with Gasteiger partial charge in [0.25, 0.3) is 0 Å². The third kappa shape index (κ3) is 3.29. The van der Waals surface area contributed by atoms with E-state index in [0.717, 1.165) is 4.17 Å². The molecule has 0 N–H and O–H groups in total. The molecule has 3 heteroatoms. The highest BCUT2D eigenvalue weighted by molar-refractivity contribution is 14.1. The molecule has 22 heavy (non-hydrogen) atoms. The first kappa shape index (κ1) is 17.7. The molecule has 0 atom stereocenters. The fourth-order valence-electron chi connectivity index (χ4n) is 2.70. The Balaban J connectivity index is 0.00000176. The number of hydrogen-bond donors (Lipinski definition) is 0. The molecule has 0 saturated heterocycles. The number of benzene rings is 3. The van der Waals surface area contributed by atoms with Crippen LogP contribution in [0.3, 0.4) is 0 Å². The number of hydrogen-bond acceptors (Lipinski definition) is 0. The summed E-state index contributed by atoms with van der Waals surface area (Å²) in [4.78, 5) is 0. The van der Waals surface area contributed by atoms with Gasteiger partial charge >= 0.3 is 0 Å². The quantitative estimate of drug-likeness (QED) is 0.299. The lowest BCUT2D eigenvalue weighted by Gasteiger charge is -2.25. The van der Waals surface area contributed by atoms with Crippen molar-refractivity contribution in [1.82, 2.24) is 0 Å². The number of halogens is 2. The first-order valence-electron chi connectivity index (χ1n) is 6.99. The maximum absolute atomic E-state index is 2.56. The Morgan fingerprint density at radius 3 is 1.05 bits per heavy atom. The smallest absolute Gasteiger partial charge is 0.124 e. The molecule has 3 aromatic carbocycles. The molecule has 0 nitrogen and oxygen atoms in total. The van der Waals surface area contributed by atoms with Crippen molar-refractivity contribution in [2.75, 3.05) is 4.17 Å². The summed E-state index contributed by atoms with van der Waals surface area (Å²) >= 11 is 2.56. The van der Waals surface area contributed by atoms with Gasteiger partial charge in [0.2, 0.25) is 0 Å². The molecule has 0 aliphatic rings. The van der Waals surface area contributed by atoms with Crippen molar-refractivity contribution in [2.45, 2.75) is 0 Å². The lowest BCUT2D eigenvalue weighted by atomic mass is 10.4. The molecule has 0 saturated carbocycles.